The summed E-state index contributed by atoms with van der Waals surface area (Å²) in [7, 11) is -2.96. The van der Waals surface area contributed by atoms with Crippen LogP contribution in [0.1, 0.15) is 19.3 Å². The van der Waals surface area contributed by atoms with Gasteiger partial charge in [-0.1, -0.05) is 22.0 Å². The Balaban J connectivity index is 2.13. The van der Waals surface area contributed by atoms with Gasteiger partial charge in [0.2, 0.25) is 10.0 Å². The van der Waals surface area contributed by atoms with Gasteiger partial charge in [-0.15, -0.1) is 0 Å². The Hall–Kier alpha value is 0.130. The maximum absolute atomic E-state index is 11.8. The van der Waals surface area contributed by atoms with Gasteiger partial charge in [-0.05, 0) is 19.3 Å². The summed E-state index contributed by atoms with van der Waals surface area (Å²) in [5, 5.41) is -0.0779. The summed E-state index contributed by atoms with van der Waals surface area (Å²) in [6, 6.07) is 0. The Bertz CT molecular complexity index is 332. The average Bonchev–Trinajstić information content (AvgIpc) is 2.86. The summed E-state index contributed by atoms with van der Waals surface area (Å²) < 4.78 is 26.1. The van der Waals surface area contributed by atoms with Crippen LogP contribution in [0.2, 0.25) is 0 Å². The van der Waals surface area contributed by atoms with Crippen molar-refractivity contribution in [2.75, 3.05) is 13.1 Å². The third-order valence-electron chi connectivity index (χ3n) is 2.38. The van der Waals surface area contributed by atoms with Gasteiger partial charge >= 0.3 is 0 Å². The van der Waals surface area contributed by atoms with Gasteiger partial charge in [0.1, 0.15) is 0 Å². The lowest BCUT2D eigenvalue weighted by atomic mass is 10.3. The fourth-order valence-corrected chi connectivity index (χ4v) is 4.00. The highest BCUT2D eigenvalue weighted by Gasteiger charge is 2.40. The lowest BCUT2D eigenvalue weighted by Gasteiger charge is -2.24. The van der Waals surface area contributed by atoms with Crippen LogP contribution >= 0.6 is 15.9 Å². The predicted octanol–water partition coefficient (Wildman–Crippen LogP) is 1.46. The molecule has 5 heteroatoms. The number of halogens is 1. The van der Waals surface area contributed by atoms with Crippen LogP contribution in [0.25, 0.3) is 0 Å². The van der Waals surface area contributed by atoms with Crippen molar-refractivity contribution in [3.63, 3.8) is 0 Å². The summed E-state index contributed by atoms with van der Waals surface area (Å²) in [4.78, 5) is 0. The summed E-state index contributed by atoms with van der Waals surface area (Å²) in [5.74, 6) is 0. The quantitative estimate of drug-likeness (QED) is 0.758. The van der Waals surface area contributed by atoms with Crippen LogP contribution in [-0.4, -0.2) is 31.1 Å². The zero-order valence-electron chi connectivity index (χ0n) is 7.24. The molecule has 0 aromatic rings. The minimum absolute atomic E-state index is 0.0779. The van der Waals surface area contributed by atoms with Crippen LogP contribution in [0.3, 0.4) is 0 Å². The van der Waals surface area contributed by atoms with Crippen molar-refractivity contribution < 1.29 is 8.42 Å². The summed E-state index contributed by atoms with van der Waals surface area (Å²) in [6.07, 6.45) is 4.56. The van der Waals surface area contributed by atoms with Gasteiger partial charge in [0.25, 0.3) is 0 Å². The first-order valence-electron chi connectivity index (χ1n) is 4.44. The third kappa shape index (κ3) is 1.97. The zero-order chi connectivity index (χ0) is 9.47. The maximum Gasteiger partial charge on any atom is 0.217 e. The minimum Gasteiger partial charge on any atom is -0.212 e. The fraction of sp³-hybridized carbons (Fsp3) is 0.750. The molecule has 0 spiro atoms. The normalized spacial score (nSPS) is 25.8. The second-order valence-corrected chi connectivity index (χ2v) is 6.75. The van der Waals surface area contributed by atoms with Crippen LogP contribution in [0.4, 0.5) is 0 Å². The number of sulfonamides is 1. The van der Waals surface area contributed by atoms with E-state index < -0.39 is 10.0 Å². The molecule has 1 fully saturated rings. The van der Waals surface area contributed by atoms with E-state index in [4.69, 9.17) is 0 Å². The van der Waals surface area contributed by atoms with Crippen molar-refractivity contribution in [2.24, 2.45) is 0 Å². The topological polar surface area (TPSA) is 37.4 Å². The average molecular weight is 266 g/mol. The molecule has 0 atom stereocenters. The molecule has 0 amide bonds. The van der Waals surface area contributed by atoms with Gasteiger partial charge in [-0.25, -0.2) is 8.42 Å². The van der Waals surface area contributed by atoms with Crippen molar-refractivity contribution >= 4 is 26.0 Å². The smallest absolute Gasteiger partial charge is 0.212 e. The Labute approximate surface area is 87.0 Å². The zero-order valence-corrected chi connectivity index (χ0v) is 9.64. The first-order chi connectivity index (χ1) is 6.10. The van der Waals surface area contributed by atoms with Crippen molar-refractivity contribution in [2.45, 2.75) is 24.5 Å². The van der Waals surface area contributed by atoms with Crippen LogP contribution < -0.4 is 0 Å². The third-order valence-corrected chi connectivity index (χ3v) is 5.30. The van der Waals surface area contributed by atoms with Gasteiger partial charge < -0.3 is 0 Å². The molecule has 3 nitrogen and oxygen atoms in total. The largest absolute Gasteiger partial charge is 0.217 e. The van der Waals surface area contributed by atoms with Crippen molar-refractivity contribution in [1.82, 2.24) is 4.31 Å². The van der Waals surface area contributed by atoms with E-state index in [1.807, 2.05) is 6.08 Å². The molecule has 0 bridgehead atoms. The summed E-state index contributed by atoms with van der Waals surface area (Å²) in [5.41, 5.74) is 0. The number of hydrogen-bond donors (Lipinski definition) is 0. The predicted molar refractivity (Wildman–Crippen MR) is 55.1 cm³/mol. The van der Waals surface area contributed by atoms with E-state index in [0.29, 0.717) is 13.1 Å². The molecule has 1 aliphatic carbocycles. The molecule has 0 saturated heterocycles. The number of hydrogen-bond acceptors (Lipinski definition) is 2. The number of nitrogens with zero attached hydrogens (tertiary/aromatic N) is 1. The monoisotopic (exact) mass is 265 g/mol. The fourth-order valence-electron chi connectivity index (χ4n) is 1.47. The van der Waals surface area contributed by atoms with E-state index >= 15 is 0 Å². The van der Waals surface area contributed by atoms with E-state index in [1.54, 1.807) is 4.31 Å². The molecular weight excluding hydrogens is 254 g/mol. The Kier molecular flexibility index (Phi) is 2.51. The van der Waals surface area contributed by atoms with Gasteiger partial charge in [-0.3, -0.25) is 0 Å². The molecule has 13 heavy (non-hydrogen) atoms. The Morgan fingerprint density at radius 3 is 2.69 bits per heavy atom. The molecule has 1 heterocycles. The lowest BCUT2D eigenvalue weighted by Crippen LogP contribution is -2.37. The Morgan fingerprint density at radius 2 is 2.15 bits per heavy atom. The van der Waals surface area contributed by atoms with Gasteiger partial charge in [0.05, 0.1) is 5.25 Å². The molecule has 0 radical (unpaired) electrons. The first-order valence-corrected chi connectivity index (χ1v) is 6.74. The van der Waals surface area contributed by atoms with E-state index in [9.17, 15) is 8.42 Å². The molecular formula is C8H12BrNO2S. The minimum atomic E-state index is -2.96. The van der Waals surface area contributed by atoms with Gasteiger partial charge in [0, 0.05) is 17.6 Å². The lowest BCUT2D eigenvalue weighted by molar-refractivity contribution is 0.434. The SMILES string of the molecule is O=S(=O)(C1CC1)N1CCC=C(Br)C1. The van der Waals surface area contributed by atoms with Crippen molar-refractivity contribution in [3.05, 3.63) is 10.6 Å². The van der Waals surface area contributed by atoms with Crippen molar-refractivity contribution in [3.8, 4) is 0 Å². The molecule has 2 rings (SSSR count). The van der Waals surface area contributed by atoms with Crippen LogP contribution in [0, 0.1) is 0 Å². The van der Waals surface area contributed by atoms with Crippen molar-refractivity contribution in [1.29, 1.82) is 0 Å². The van der Waals surface area contributed by atoms with E-state index in [0.717, 1.165) is 23.7 Å². The van der Waals surface area contributed by atoms with Crippen LogP contribution in [-0.2, 0) is 10.0 Å². The maximum atomic E-state index is 11.8. The highest BCUT2D eigenvalue weighted by Crippen LogP contribution is 2.32. The highest BCUT2D eigenvalue weighted by molar-refractivity contribution is 9.11. The summed E-state index contributed by atoms with van der Waals surface area (Å²) in [6.45, 7) is 1.17. The molecule has 1 saturated carbocycles. The second-order valence-electron chi connectivity index (χ2n) is 3.52. The van der Waals surface area contributed by atoms with Crippen LogP contribution in [0.5, 0.6) is 0 Å². The van der Waals surface area contributed by atoms with Gasteiger partial charge in [0.15, 0.2) is 0 Å². The van der Waals surface area contributed by atoms with E-state index in [1.165, 1.54) is 0 Å². The molecule has 1 aliphatic heterocycles. The van der Waals surface area contributed by atoms with E-state index in [-0.39, 0.29) is 5.25 Å². The van der Waals surface area contributed by atoms with Gasteiger partial charge in [-0.2, -0.15) is 4.31 Å². The Morgan fingerprint density at radius 1 is 1.46 bits per heavy atom. The molecule has 0 aromatic carbocycles. The second kappa shape index (κ2) is 3.37. The standard InChI is InChI=1S/C8H12BrNO2S/c9-7-2-1-5-10(6-7)13(11,12)8-3-4-8/h2,8H,1,3-6H2. The number of rotatable bonds is 2. The summed E-state index contributed by atoms with van der Waals surface area (Å²) >= 11 is 3.35. The molecule has 0 unspecified atom stereocenters. The molecule has 0 aromatic heterocycles. The molecule has 74 valence electrons. The molecule has 0 N–H and O–H groups in total. The van der Waals surface area contributed by atoms with Crippen LogP contribution in [0.15, 0.2) is 10.6 Å². The highest BCUT2D eigenvalue weighted by atomic mass is 79.9. The first kappa shape index (κ1) is 9.68. The van der Waals surface area contributed by atoms with E-state index in [2.05, 4.69) is 15.9 Å². The molecule has 2 aliphatic rings.